The van der Waals surface area contributed by atoms with Crippen LogP contribution in [0.25, 0.3) is 11.0 Å². The fraction of sp³-hybridized carbons (Fsp3) is 0.611. The van der Waals surface area contributed by atoms with Gasteiger partial charge < -0.3 is 19.9 Å². The Bertz CT molecular complexity index is 745. The molecule has 25 heavy (non-hydrogen) atoms. The van der Waals surface area contributed by atoms with Crippen molar-refractivity contribution in [1.82, 2.24) is 20.3 Å². The summed E-state index contributed by atoms with van der Waals surface area (Å²) in [6, 6.07) is 1.99. The van der Waals surface area contributed by atoms with Gasteiger partial charge in [-0.2, -0.15) is 0 Å². The fourth-order valence-electron chi connectivity index (χ4n) is 3.21. The van der Waals surface area contributed by atoms with Crippen molar-refractivity contribution >= 4 is 22.9 Å². The summed E-state index contributed by atoms with van der Waals surface area (Å²) in [6.07, 6.45) is 7.09. The second-order valence-electron chi connectivity index (χ2n) is 7.87. The molecule has 1 amide bonds. The number of hydrogen-bond acceptors (Lipinski definition) is 5. The lowest BCUT2D eigenvalue weighted by molar-refractivity contribution is 0.0374. The quantitative estimate of drug-likeness (QED) is 0.869. The molecule has 0 spiro atoms. The van der Waals surface area contributed by atoms with Gasteiger partial charge in [-0.15, -0.1) is 0 Å². The van der Waals surface area contributed by atoms with Crippen LogP contribution in [0.3, 0.4) is 0 Å². The Kier molecular flexibility index (Phi) is 4.58. The summed E-state index contributed by atoms with van der Waals surface area (Å²) in [5, 5.41) is 4.11. The number of hydrogen-bond donors (Lipinski definition) is 2. The highest BCUT2D eigenvalue weighted by Gasteiger charge is 2.39. The van der Waals surface area contributed by atoms with Gasteiger partial charge in [0.1, 0.15) is 23.4 Å². The molecule has 0 saturated heterocycles. The SMILES string of the molecule is CN(CCC1(NC(=O)OC(C)(C)C)CCC1)c1ncnc2[nH]ccc12. The molecule has 1 aliphatic carbocycles. The molecule has 7 heteroatoms. The second-order valence-corrected chi connectivity index (χ2v) is 7.87. The number of carbonyl (C=O) groups excluding carboxylic acids is 1. The number of aromatic nitrogens is 3. The molecule has 0 bridgehead atoms. The van der Waals surface area contributed by atoms with Crippen LogP contribution in [0.15, 0.2) is 18.6 Å². The third kappa shape index (κ3) is 4.03. The first kappa shape index (κ1) is 17.5. The van der Waals surface area contributed by atoms with Gasteiger partial charge in [0.2, 0.25) is 0 Å². The van der Waals surface area contributed by atoms with E-state index in [-0.39, 0.29) is 11.6 Å². The van der Waals surface area contributed by atoms with Crippen LogP contribution < -0.4 is 10.2 Å². The van der Waals surface area contributed by atoms with Gasteiger partial charge in [-0.05, 0) is 52.5 Å². The van der Waals surface area contributed by atoms with Crippen LogP contribution in [0.4, 0.5) is 10.6 Å². The zero-order valence-corrected chi connectivity index (χ0v) is 15.4. The van der Waals surface area contributed by atoms with Crippen LogP contribution in [-0.4, -0.2) is 45.8 Å². The van der Waals surface area contributed by atoms with Gasteiger partial charge >= 0.3 is 6.09 Å². The van der Waals surface area contributed by atoms with E-state index >= 15 is 0 Å². The van der Waals surface area contributed by atoms with Crippen LogP contribution in [0.1, 0.15) is 46.5 Å². The zero-order valence-electron chi connectivity index (χ0n) is 15.4. The van der Waals surface area contributed by atoms with E-state index in [4.69, 9.17) is 4.74 Å². The van der Waals surface area contributed by atoms with E-state index in [1.54, 1.807) is 6.33 Å². The Labute approximate surface area is 148 Å². The van der Waals surface area contributed by atoms with E-state index in [2.05, 4.69) is 25.2 Å². The van der Waals surface area contributed by atoms with Crippen LogP contribution >= 0.6 is 0 Å². The Morgan fingerprint density at radius 2 is 2.16 bits per heavy atom. The minimum Gasteiger partial charge on any atom is -0.444 e. The lowest BCUT2D eigenvalue weighted by atomic mass is 9.74. The number of anilines is 1. The minimum atomic E-state index is -0.480. The van der Waals surface area contributed by atoms with Crippen molar-refractivity contribution in [3.8, 4) is 0 Å². The van der Waals surface area contributed by atoms with E-state index in [0.29, 0.717) is 0 Å². The molecule has 1 fully saturated rings. The first-order chi connectivity index (χ1) is 11.8. The molecule has 2 heterocycles. The second kappa shape index (κ2) is 6.54. The normalized spacial score (nSPS) is 16.3. The smallest absolute Gasteiger partial charge is 0.408 e. The molecule has 7 nitrogen and oxygen atoms in total. The predicted molar refractivity (Wildman–Crippen MR) is 97.7 cm³/mol. The van der Waals surface area contributed by atoms with Gasteiger partial charge in [-0.1, -0.05) is 0 Å². The highest BCUT2D eigenvalue weighted by Crippen LogP contribution is 2.36. The highest BCUT2D eigenvalue weighted by atomic mass is 16.6. The van der Waals surface area contributed by atoms with Crippen LogP contribution in [-0.2, 0) is 4.74 Å². The first-order valence-electron chi connectivity index (χ1n) is 8.78. The molecule has 136 valence electrons. The summed E-state index contributed by atoms with van der Waals surface area (Å²) in [5.41, 5.74) is 0.190. The van der Waals surface area contributed by atoms with Gasteiger partial charge in [0.05, 0.1) is 5.39 Å². The number of ether oxygens (including phenoxy) is 1. The fourth-order valence-corrected chi connectivity index (χ4v) is 3.21. The monoisotopic (exact) mass is 345 g/mol. The average molecular weight is 345 g/mol. The lowest BCUT2D eigenvalue weighted by Gasteiger charge is -2.43. The van der Waals surface area contributed by atoms with E-state index < -0.39 is 5.60 Å². The number of alkyl carbamates (subject to hydrolysis) is 1. The van der Waals surface area contributed by atoms with E-state index in [1.807, 2.05) is 40.1 Å². The molecular formula is C18H27N5O2. The maximum Gasteiger partial charge on any atom is 0.408 e. The van der Waals surface area contributed by atoms with Crippen LogP contribution in [0, 0.1) is 0 Å². The number of amides is 1. The summed E-state index contributed by atoms with van der Waals surface area (Å²) in [7, 11) is 2.02. The topological polar surface area (TPSA) is 83.1 Å². The summed E-state index contributed by atoms with van der Waals surface area (Å²) in [4.78, 5) is 26.0. The highest BCUT2D eigenvalue weighted by molar-refractivity contribution is 5.87. The average Bonchev–Trinajstić information content (AvgIpc) is 2.96. The van der Waals surface area contributed by atoms with Crippen molar-refractivity contribution in [3.63, 3.8) is 0 Å². The molecule has 0 atom stereocenters. The van der Waals surface area contributed by atoms with Crippen molar-refractivity contribution in [1.29, 1.82) is 0 Å². The number of nitrogens with zero attached hydrogens (tertiary/aromatic N) is 3. The van der Waals surface area contributed by atoms with Gasteiger partial charge in [0.25, 0.3) is 0 Å². The van der Waals surface area contributed by atoms with Crippen molar-refractivity contribution in [2.45, 2.75) is 57.6 Å². The third-order valence-electron chi connectivity index (χ3n) is 4.70. The molecule has 2 aromatic heterocycles. The molecule has 0 radical (unpaired) electrons. The third-order valence-corrected chi connectivity index (χ3v) is 4.70. The molecular weight excluding hydrogens is 318 g/mol. The molecule has 0 unspecified atom stereocenters. The maximum atomic E-state index is 12.2. The number of H-pyrrole nitrogens is 1. The van der Waals surface area contributed by atoms with Crippen molar-refractivity contribution in [2.75, 3.05) is 18.5 Å². The Morgan fingerprint density at radius 1 is 1.40 bits per heavy atom. The van der Waals surface area contributed by atoms with Crippen molar-refractivity contribution < 1.29 is 9.53 Å². The Morgan fingerprint density at radius 3 is 2.80 bits per heavy atom. The van der Waals surface area contributed by atoms with Gasteiger partial charge in [-0.3, -0.25) is 0 Å². The lowest BCUT2D eigenvalue weighted by Crippen LogP contribution is -2.55. The molecule has 0 aliphatic heterocycles. The van der Waals surface area contributed by atoms with Crippen molar-refractivity contribution in [3.05, 3.63) is 18.6 Å². The molecule has 1 saturated carbocycles. The number of rotatable bonds is 5. The predicted octanol–water partition coefficient (Wildman–Crippen LogP) is 3.23. The van der Waals surface area contributed by atoms with Crippen LogP contribution in [0.5, 0.6) is 0 Å². The minimum absolute atomic E-state index is 0.166. The van der Waals surface area contributed by atoms with Gasteiger partial charge in [0.15, 0.2) is 0 Å². The summed E-state index contributed by atoms with van der Waals surface area (Å²) >= 11 is 0. The molecule has 1 aliphatic rings. The molecule has 0 aromatic carbocycles. The van der Waals surface area contributed by atoms with E-state index in [1.165, 1.54) is 0 Å². The maximum absolute atomic E-state index is 12.2. The van der Waals surface area contributed by atoms with E-state index in [9.17, 15) is 4.79 Å². The zero-order chi connectivity index (χ0) is 18.1. The number of nitrogens with one attached hydrogen (secondary N) is 2. The van der Waals surface area contributed by atoms with E-state index in [0.717, 1.165) is 49.1 Å². The molecule has 2 aromatic rings. The van der Waals surface area contributed by atoms with Crippen molar-refractivity contribution in [2.24, 2.45) is 0 Å². The summed E-state index contributed by atoms with van der Waals surface area (Å²) < 4.78 is 5.42. The molecule has 2 N–H and O–H groups in total. The summed E-state index contributed by atoms with van der Waals surface area (Å²) in [5.74, 6) is 0.901. The summed E-state index contributed by atoms with van der Waals surface area (Å²) in [6.45, 7) is 6.44. The van der Waals surface area contributed by atoms with Gasteiger partial charge in [-0.25, -0.2) is 14.8 Å². The Balaban J connectivity index is 1.63. The Hall–Kier alpha value is -2.31. The first-order valence-corrected chi connectivity index (χ1v) is 8.78. The number of carbonyl (C=O) groups is 1. The standard InChI is InChI=1S/C18H27N5O2/c1-17(2,3)25-16(24)22-18(7-5-8-18)9-11-23(4)15-13-6-10-19-14(13)20-12-21-15/h6,10,12H,5,7-9,11H2,1-4H3,(H,22,24)(H,19,20,21). The van der Waals surface area contributed by atoms with Crippen LogP contribution in [0.2, 0.25) is 0 Å². The molecule has 3 rings (SSSR count). The van der Waals surface area contributed by atoms with Gasteiger partial charge in [0, 0.05) is 25.3 Å². The largest absolute Gasteiger partial charge is 0.444 e. The number of fused-ring (bicyclic) bond motifs is 1. The number of aromatic amines is 1.